The van der Waals surface area contributed by atoms with E-state index in [0.717, 1.165) is 42.7 Å². The van der Waals surface area contributed by atoms with Crippen molar-refractivity contribution in [2.45, 2.75) is 37.6 Å². The maximum absolute atomic E-state index is 10.6. The van der Waals surface area contributed by atoms with Gasteiger partial charge in [0.15, 0.2) is 16.9 Å². The molecule has 2 atom stereocenters. The number of thiazole rings is 1. The number of nitrogens with zero attached hydrogens (tertiary/aromatic N) is 3. The van der Waals surface area contributed by atoms with Crippen LogP contribution >= 0.6 is 11.3 Å². The Kier molecular flexibility index (Phi) is 6.36. The van der Waals surface area contributed by atoms with Crippen LogP contribution in [0.5, 0.6) is 0 Å². The molecular weight excluding hydrogens is 330 g/mol. The molecular formula is C14H23N7O2S. The van der Waals surface area contributed by atoms with Crippen LogP contribution in [0.3, 0.4) is 0 Å². The lowest BCUT2D eigenvalue weighted by Gasteiger charge is -2.29. The number of aliphatic imine (C=N–C) groups is 1. The second-order valence-electron chi connectivity index (χ2n) is 5.59. The number of rotatable bonds is 6. The molecule has 5 N–H and O–H groups in total. The lowest BCUT2D eigenvalue weighted by Crippen LogP contribution is -2.37. The van der Waals surface area contributed by atoms with E-state index in [0.29, 0.717) is 17.7 Å². The average molecular weight is 353 g/mol. The van der Waals surface area contributed by atoms with Crippen LogP contribution in [0, 0.1) is 10.1 Å². The molecule has 0 aliphatic heterocycles. The number of anilines is 1. The Balaban J connectivity index is 1.99. The van der Waals surface area contributed by atoms with Crippen molar-refractivity contribution in [1.29, 1.82) is 0 Å². The molecule has 24 heavy (non-hydrogen) atoms. The summed E-state index contributed by atoms with van der Waals surface area (Å²) in [5.41, 5.74) is 6.68. The summed E-state index contributed by atoms with van der Waals surface area (Å²) >= 11 is 1.50. The summed E-state index contributed by atoms with van der Waals surface area (Å²) in [4.78, 5) is 18.6. The lowest BCUT2D eigenvalue weighted by molar-refractivity contribution is -0.404. The fourth-order valence-electron chi connectivity index (χ4n) is 2.79. The average Bonchev–Trinajstić information content (AvgIpc) is 3.02. The van der Waals surface area contributed by atoms with Gasteiger partial charge in [0.2, 0.25) is 0 Å². The fraction of sp³-hybridized carbons (Fsp3) is 0.571. The predicted octanol–water partition coefficient (Wildman–Crippen LogP) is 1.41. The summed E-state index contributed by atoms with van der Waals surface area (Å²) < 4.78 is 0. The molecule has 2 unspecified atom stereocenters. The Bertz CT molecular complexity index is 628. The largest absolute Gasteiger partial charge is 0.370 e. The summed E-state index contributed by atoms with van der Waals surface area (Å²) in [5.74, 6) is 1.09. The number of nitro groups is 1. The topological polar surface area (TPSA) is 130 Å². The first-order valence-electron chi connectivity index (χ1n) is 7.76. The Morgan fingerprint density at radius 3 is 3.04 bits per heavy atom. The van der Waals surface area contributed by atoms with E-state index in [1.165, 1.54) is 11.3 Å². The van der Waals surface area contributed by atoms with Crippen LogP contribution in [0.15, 0.2) is 22.4 Å². The minimum Gasteiger partial charge on any atom is -0.370 e. The monoisotopic (exact) mass is 353 g/mol. The second-order valence-corrected chi connectivity index (χ2v) is 6.45. The third-order valence-electron chi connectivity index (χ3n) is 3.95. The molecule has 132 valence electrons. The first kappa shape index (κ1) is 18.0. The number of guanidine groups is 1. The molecule has 0 amide bonds. The van der Waals surface area contributed by atoms with Gasteiger partial charge in [0.05, 0.1) is 10.6 Å². The molecule has 0 bridgehead atoms. The van der Waals surface area contributed by atoms with Gasteiger partial charge in [-0.3, -0.25) is 15.1 Å². The maximum atomic E-state index is 10.6. The van der Waals surface area contributed by atoms with E-state index in [9.17, 15) is 10.1 Å². The van der Waals surface area contributed by atoms with Crippen LogP contribution in [-0.4, -0.2) is 36.0 Å². The van der Waals surface area contributed by atoms with Gasteiger partial charge in [0.1, 0.15) is 0 Å². The highest BCUT2D eigenvalue weighted by Gasteiger charge is 2.25. The van der Waals surface area contributed by atoms with Gasteiger partial charge >= 0.3 is 0 Å². The fourth-order valence-corrected chi connectivity index (χ4v) is 3.58. The molecule has 1 fully saturated rings. The van der Waals surface area contributed by atoms with Gasteiger partial charge < -0.3 is 21.7 Å². The number of hydrogen-bond donors (Lipinski definition) is 4. The van der Waals surface area contributed by atoms with Gasteiger partial charge in [-0.15, -0.1) is 11.3 Å². The number of nitrogens with one attached hydrogen (secondary N) is 3. The van der Waals surface area contributed by atoms with Gasteiger partial charge in [0.25, 0.3) is 6.20 Å². The van der Waals surface area contributed by atoms with Crippen molar-refractivity contribution < 1.29 is 4.92 Å². The van der Waals surface area contributed by atoms with Crippen molar-refractivity contribution in [3.8, 4) is 0 Å². The zero-order valence-corrected chi connectivity index (χ0v) is 14.6. The van der Waals surface area contributed by atoms with Crippen molar-refractivity contribution >= 4 is 22.4 Å². The minimum atomic E-state index is -0.461. The van der Waals surface area contributed by atoms with E-state index >= 15 is 0 Å². The normalized spacial score (nSPS) is 22.1. The summed E-state index contributed by atoms with van der Waals surface area (Å²) in [6.45, 7) is 0. The summed E-state index contributed by atoms with van der Waals surface area (Å²) in [7, 11) is 3.28. The number of hydrogen-bond acceptors (Lipinski definition) is 7. The van der Waals surface area contributed by atoms with E-state index in [4.69, 9.17) is 5.73 Å². The Labute approximate surface area is 144 Å². The summed E-state index contributed by atoms with van der Waals surface area (Å²) in [5, 5.41) is 22.4. The molecule has 0 spiro atoms. The molecule has 1 heterocycles. The number of nitrogens with two attached hydrogens (primary N) is 1. The minimum absolute atomic E-state index is 0.183. The molecule has 10 heteroatoms. The molecule has 9 nitrogen and oxygen atoms in total. The van der Waals surface area contributed by atoms with Crippen molar-refractivity contribution in [1.82, 2.24) is 15.6 Å². The van der Waals surface area contributed by atoms with Gasteiger partial charge in [-0.25, -0.2) is 4.98 Å². The predicted molar refractivity (Wildman–Crippen MR) is 95.6 cm³/mol. The van der Waals surface area contributed by atoms with Gasteiger partial charge in [-0.1, -0.05) is 6.42 Å². The van der Waals surface area contributed by atoms with E-state index in [2.05, 4.69) is 25.9 Å². The van der Waals surface area contributed by atoms with Crippen LogP contribution in [0.1, 0.15) is 37.3 Å². The third kappa shape index (κ3) is 5.08. The van der Waals surface area contributed by atoms with Crippen molar-refractivity contribution in [2.75, 3.05) is 19.4 Å². The lowest BCUT2D eigenvalue weighted by atomic mass is 9.84. The zero-order valence-electron chi connectivity index (χ0n) is 13.8. The molecule has 1 saturated carbocycles. The van der Waals surface area contributed by atoms with E-state index < -0.39 is 4.92 Å². The molecule has 1 aliphatic carbocycles. The van der Waals surface area contributed by atoms with Crippen LogP contribution in [-0.2, 0) is 0 Å². The molecule has 0 saturated heterocycles. The van der Waals surface area contributed by atoms with Crippen LogP contribution in [0.2, 0.25) is 0 Å². The molecule has 2 rings (SSSR count). The van der Waals surface area contributed by atoms with Crippen LogP contribution in [0.25, 0.3) is 0 Å². The molecule has 1 aromatic rings. The Hall–Kier alpha value is -2.36. The highest BCUT2D eigenvalue weighted by molar-refractivity contribution is 7.13. The Morgan fingerprint density at radius 2 is 2.38 bits per heavy atom. The third-order valence-corrected chi connectivity index (χ3v) is 4.73. The Morgan fingerprint density at radius 1 is 1.58 bits per heavy atom. The highest BCUT2D eigenvalue weighted by atomic mass is 32.1. The van der Waals surface area contributed by atoms with Crippen molar-refractivity contribution in [3.05, 3.63) is 33.2 Å². The van der Waals surface area contributed by atoms with E-state index in [1.807, 2.05) is 5.38 Å². The first-order chi connectivity index (χ1) is 11.5. The number of aromatic nitrogens is 1. The van der Waals surface area contributed by atoms with E-state index in [-0.39, 0.29) is 6.04 Å². The second kappa shape index (κ2) is 8.48. The van der Waals surface area contributed by atoms with Crippen LogP contribution in [0.4, 0.5) is 5.13 Å². The van der Waals surface area contributed by atoms with Gasteiger partial charge in [-0.05, 0) is 19.3 Å². The quantitative estimate of drug-likeness (QED) is 0.263. The van der Waals surface area contributed by atoms with Gasteiger partial charge in [-0.2, -0.15) is 0 Å². The molecule has 1 aromatic heterocycles. The van der Waals surface area contributed by atoms with Crippen molar-refractivity contribution in [3.63, 3.8) is 0 Å². The molecule has 0 radical (unpaired) electrons. The summed E-state index contributed by atoms with van der Waals surface area (Å²) in [6.07, 6.45) is 4.94. The van der Waals surface area contributed by atoms with Gasteiger partial charge in [0, 0.05) is 31.4 Å². The molecule has 1 aliphatic rings. The first-order valence-corrected chi connectivity index (χ1v) is 8.64. The van der Waals surface area contributed by atoms with Crippen molar-refractivity contribution in [2.24, 2.45) is 10.7 Å². The van der Waals surface area contributed by atoms with Crippen LogP contribution < -0.4 is 21.7 Å². The zero-order chi connectivity index (χ0) is 17.5. The highest BCUT2D eigenvalue weighted by Crippen LogP contribution is 2.34. The standard InChI is InChI=1S/C14H23N7O2S/c1-16-12(7-21(22)23)18-10-5-3-4-9(6-10)11-8-24-14(19-11)20-13(15)17-2/h7-10,16,18H,3-6H2,1-2H3,(H3,15,17,19,20)/b12-7+. The van der Waals surface area contributed by atoms with E-state index in [1.54, 1.807) is 14.1 Å². The maximum Gasteiger partial charge on any atom is 0.274 e. The summed E-state index contributed by atoms with van der Waals surface area (Å²) in [6, 6.07) is 0.183. The SMILES string of the molecule is C/N=C(/N)Nc1nc(C2CCCC(N/C(=C/[N+](=O)[O-])NC)C2)cs1. The molecule has 0 aromatic carbocycles. The smallest absolute Gasteiger partial charge is 0.274 e.